The van der Waals surface area contributed by atoms with Crippen LogP contribution >= 0.6 is 23.2 Å². The van der Waals surface area contributed by atoms with Crippen LogP contribution in [0.5, 0.6) is 0 Å². The molecule has 24 heavy (non-hydrogen) atoms. The largest absolute Gasteiger partial charge is 0.336 e. The van der Waals surface area contributed by atoms with E-state index in [1.807, 2.05) is 24.3 Å². The minimum Gasteiger partial charge on any atom is -0.336 e. The minimum atomic E-state index is -0.442. The fourth-order valence-electron chi connectivity index (χ4n) is 2.84. The number of amides is 1. The molecule has 3 nitrogen and oxygen atoms in total. The Kier molecular flexibility index (Phi) is 5.39. The van der Waals surface area contributed by atoms with Gasteiger partial charge in [-0.3, -0.25) is 9.69 Å². The van der Waals surface area contributed by atoms with Crippen molar-refractivity contribution < 1.29 is 9.18 Å². The summed E-state index contributed by atoms with van der Waals surface area (Å²) in [6.07, 6.45) is 0. The molecule has 3 rings (SSSR count). The summed E-state index contributed by atoms with van der Waals surface area (Å²) in [5.74, 6) is -0.592. The van der Waals surface area contributed by atoms with Gasteiger partial charge in [-0.25, -0.2) is 4.39 Å². The third-order valence-electron chi connectivity index (χ3n) is 4.12. The van der Waals surface area contributed by atoms with Crippen LogP contribution in [-0.4, -0.2) is 41.9 Å². The molecule has 0 N–H and O–H groups in total. The number of piperazine rings is 1. The van der Waals surface area contributed by atoms with Gasteiger partial charge in [-0.1, -0.05) is 35.3 Å². The van der Waals surface area contributed by atoms with Crippen molar-refractivity contribution in [3.05, 3.63) is 69.5 Å². The smallest absolute Gasteiger partial charge is 0.255 e. The van der Waals surface area contributed by atoms with Crippen LogP contribution < -0.4 is 0 Å². The second kappa shape index (κ2) is 7.51. The molecule has 0 aliphatic carbocycles. The fourth-order valence-corrected chi connectivity index (χ4v) is 3.30. The molecule has 1 heterocycles. The molecule has 2 aromatic rings. The molecule has 1 aliphatic rings. The van der Waals surface area contributed by atoms with Crippen LogP contribution in [0.2, 0.25) is 10.0 Å². The molecule has 0 aromatic heterocycles. The molecule has 1 saturated heterocycles. The van der Waals surface area contributed by atoms with Crippen molar-refractivity contribution in [1.82, 2.24) is 9.80 Å². The zero-order valence-electron chi connectivity index (χ0n) is 13.0. The summed E-state index contributed by atoms with van der Waals surface area (Å²) in [6, 6.07) is 11.7. The minimum absolute atomic E-state index is 0.151. The SMILES string of the molecule is O=C(c1ccc(F)cc1Cl)N1CCN(Cc2cccc(Cl)c2)CC1. The highest BCUT2D eigenvalue weighted by molar-refractivity contribution is 6.33. The van der Waals surface area contributed by atoms with E-state index in [0.717, 1.165) is 30.2 Å². The van der Waals surface area contributed by atoms with Crippen LogP contribution in [0.25, 0.3) is 0 Å². The maximum absolute atomic E-state index is 13.1. The number of hydrogen-bond acceptors (Lipinski definition) is 2. The fraction of sp³-hybridized carbons (Fsp3) is 0.278. The zero-order chi connectivity index (χ0) is 17.1. The van der Waals surface area contributed by atoms with Crippen molar-refractivity contribution in [2.75, 3.05) is 26.2 Å². The lowest BCUT2D eigenvalue weighted by Gasteiger charge is -2.35. The van der Waals surface area contributed by atoms with Crippen molar-refractivity contribution in [2.45, 2.75) is 6.54 Å². The summed E-state index contributed by atoms with van der Waals surface area (Å²) in [7, 11) is 0. The van der Waals surface area contributed by atoms with E-state index in [4.69, 9.17) is 23.2 Å². The lowest BCUT2D eigenvalue weighted by atomic mass is 10.1. The third-order valence-corrected chi connectivity index (χ3v) is 4.66. The second-order valence-electron chi connectivity index (χ2n) is 5.82. The third kappa shape index (κ3) is 4.07. The van der Waals surface area contributed by atoms with Crippen molar-refractivity contribution in [3.8, 4) is 0 Å². The van der Waals surface area contributed by atoms with Gasteiger partial charge in [0.2, 0.25) is 0 Å². The molecule has 0 spiro atoms. The lowest BCUT2D eigenvalue weighted by Crippen LogP contribution is -2.48. The number of nitrogens with zero attached hydrogens (tertiary/aromatic N) is 2. The van der Waals surface area contributed by atoms with Gasteiger partial charge >= 0.3 is 0 Å². The molecule has 1 fully saturated rings. The summed E-state index contributed by atoms with van der Waals surface area (Å²) in [5, 5.41) is 0.883. The van der Waals surface area contributed by atoms with Crippen molar-refractivity contribution >= 4 is 29.1 Å². The first-order valence-electron chi connectivity index (χ1n) is 7.74. The monoisotopic (exact) mass is 366 g/mol. The van der Waals surface area contributed by atoms with Gasteiger partial charge in [0.1, 0.15) is 5.82 Å². The zero-order valence-corrected chi connectivity index (χ0v) is 14.5. The van der Waals surface area contributed by atoms with Crippen LogP contribution in [0, 0.1) is 5.82 Å². The Hall–Kier alpha value is -1.62. The summed E-state index contributed by atoms with van der Waals surface area (Å²) >= 11 is 12.0. The number of benzene rings is 2. The summed E-state index contributed by atoms with van der Waals surface area (Å²) < 4.78 is 13.1. The predicted octanol–water partition coefficient (Wildman–Crippen LogP) is 4.09. The molecule has 0 unspecified atom stereocenters. The first-order chi connectivity index (χ1) is 11.5. The van der Waals surface area contributed by atoms with Crippen molar-refractivity contribution in [3.63, 3.8) is 0 Å². The van der Waals surface area contributed by atoms with Crippen molar-refractivity contribution in [1.29, 1.82) is 0 Å². The van der Waals surface area contributed by atoms with Gasteiger partial charge in [-0.15, -0.1) is 0 Å². The van der Waals surface area contributed by atoms with Gasteiger partial charge < -0.3 is 4.90 Å². The summed E-state index contributed by atoms with van der Waals surface area (Å²) in [5.41, 5.74) is 1.50. The van der Waals surface area contributed by atoms with Gasteiger partial charge in [-0.2, -0.15) is 0 Å². The highest BCUT2D eigenvalue weighted by Gasteiger charge is 2.23. The Bertz CT molecular complexity index is 746. The second-order valence-corrected chi connectivity index (χ2v) is 6.67. The number of hydrogen-bond donors (Lipinski definition) is 0. The highest BCUT2D eigenvalue weighted by Crippen LogP contribution is 2.20. The molecular weight excluding hydrogens is 350 g/mol. The molecule has 0 atom stereocenters. The van der Waals surface area contributed by atoms with E-state index in [1.165, 1.54) is 18.2 Å². The van der Waals surface area contributed by atoms with Gasteiger partial charge in [0.15, 0.2) is 0 Å². The summed E-state index contributed by atoms with van der Waals surface area (Å²) in [4.78, 5) is 16.6. The van der Waals surface area contributed by atoms with E-state index in [2.05, 4.69) is 4.90 Å². The Morgan fingerprint density at radius 2 is 1.79 bits per heavy atom. The molecular formula is C18H17Cl2FN2O. The maximum Gasteiger partial charge on any atom is 0.255 e. The molecule has 0 radical (unpaired) electrons. The molecule has 6 heteroatoms. The van der Waals surface area contributed by atoms with Crippen LogP contribution in [0.3, 0.4) is 0 Å². The summed E-state index contributed by atoms with van der Waals surface area (Å²) in [6.45, 7) is 3.59. The lowest BCUT2D eigenvalue weighted by molar-refractivity contribution is 0.0628. The van der Waals surface area contributed by atoms with E-state index in [1.54, 1.807) is 4.90 Å². The molecule has 2 aromatic carbocycles. The van der Waals surface area contributed by atoms with Gasteiger partial charge in [0, 0.05) is 37.7 Å². The Labute approximate surface area is 150 Å². The predicted molar refractivity (Wildman–Crippen MR) is 94.0 cm³/mol. The highest BCUT2D eigenvalue weighted by atomic mass is 35.5. The standard InChI is InChI=1S/C18H17Cl2FN2O/c19-14-3-1-2-13(10-14)12-22-6-8-23(9-7-22)18(24)16-5-4-15(21)11-17(16)20/h1-5,10-11H,6-9,12H2. The van der Waals surface area contributed by atoms with Crippen LogP contribution in [0.15, 0.2) is 42.5 Å². The van der Waals surface area contributed by atoms with E-state index in [0.29, 0.717) is 18.7 Å². The normalized spacial score (nSPS) is 15.5. The van der Waals surface area contributed by atoms with Crippen LogP contribution in [0.4, 0.5) is 4.39 Å². The molecule has 0 saturated carbocycles. The van der Waals surface area contributed by atoms with E-state index in [9.17, 15) is 9.18 Å². The van der Waals surface area contributed by atoms with E-state index in [-0.39, 0.29) is 10.9 Å². The number of carbonyl (C=O) groups excluding carboxylic acids is 1. The van der Waals surface area contributed by atoms with Crippen LogP contribution in [0.1, 0.15) is 15.9 Å². The number of rotatable bonds is 3. The molecule has 1 amide bonds. The molecule has 126 valence electrons. The van der Waals surface area contributed by atoms with E-state index >= 15 is 0 Å². The van der Waals surface area contributed by atoms with E-state index < -0.39 is 5.82 Å². The first kappa shape index (κ1) is 17.2. The Morgan fingerprint density at radius 3 is 2.46 bits per heavy atom. The van der Waals surface area contributed by atoms with Crippen molar-refractivity contribution in [2.24, 2.45) is 0 Å². The topological polar surface area (TPSA) is 23.6 Å². The number of halogens is 3. The van der Waals surface area contributed by atoms with Crippen LogP contribution in [-0.2, 0) is 6.54 Å². The Morgan fingerprint density at radius 1 is 1.04 bits per heavy atom. The molecule has 1 aliphatic heterocycles. The van der Waals surface area contributed by atoms with Gasteiger partial charge in [0.05, 0.1) is 10.6 Å². The van der Waals surface area contributed by atoms with Gasteiger partial charge in [-0.05, 0) is 35.9 Å². The Balaban J connectivity index is 1.59. The average Bonchev–Trinajstić information content (AvgIpc) is 2.55. The molecule has 0 bridgehead atoms. The maximum atomic E-state index is 13.1. The number of carbonyl (C=O) groups is 1. The quantitative estimate of drug-likeness (QED) is 0.816. The average molecular weight is 367 g/mol. The first-order valence-corrected chi connectivity index (χ1v) is 8.49. The van der Waals surface area contributed by atoms with Gasteiger partial charge in [0.25, 0.3) is 5.91 Å².